The quantitative estimate of drug-likeness (QED) is 0.332. The van der Waals surface area contributed by atoms with Crippen LogP contribution in [0.5, 0.6) is 0 Å². The summed E-state index contributed by atoms with van der Waals surface area (Å²) in [5, 5.41) is 3.97. The second kappa shape index (κ2) is 11.5. The zero-order valence-electron chi connectivity index (χ0n) is 19.6. The van der Waals surface area contributed by atoms with Crippen molar-refractivity contribution >= 4 is 38.7 Å². The first kappa shape index (κ1) is 25.0. The minimum Gasteiger partial charge on any atom is -0.383 e. The van der Waals surface area contributed by atoms with Crippen molar-refractivity contribution in [2.45, 2.75) is 11.4 Å². The van der Waals surface area contributed by atoms with Crippen molar-refractivity contribution < 1.29 is 13.2 Å². The molecule has 4 rings (SSSR count). The van der Waals surface area contributed by atoms with Gasteiger partial charge in [-0.15, -0.1) is 0 Å². The summed E-state index contributed by atoms with van der Waals surface area (Å²) in [7, 11) is -2.09. The molecule has 0 radical (unpaired) electrons. The summed E-state index contributed by atoms with van der Waals surface area (Å²) in [6.45, 7) is 4.74. The number of H-pyrrole nitrogens is 1. The lowest BCUT2D eigenvalue weighted by atomic mass is 10.2. The molecule has 0 saturated carbocycles. The van der Waals surface area contributed by atoms with Crippen molar-refractivity contribution in [3.05, 3.63) is 72.8 Å². The zero-order valence-corrected chi connectivity index (χ0v) is 21.3. The molecule has 0 unspecified atom stereocenters. The van der Waals surface area contributed by atoms with Crippen molar-refractivity contribution in [3.63, 3.8) is 0 Å². The van der Waals surface area contributed by atoms with Gasteiger partial charge in [0.25, 0.3) is 10.0 Å². The van der Waals surface area contributed by atoms with Gasteiger partial charge in [-0.05, 0) is 48.6 Å². The molecule has 186 valence electrons. The van der Waals surface area contributed by atoms with Gasteiger partial charge in [0.15, 0.2) is 5.11 Å². The Balaban J connectivity index is 1.47. The number of methoxy groups -OCH3 is 1. The fourth-order valence-corrected chi connectivity index (χ4v) is 5.68. The van der Waals surface area contributed by atoms with Gasteiger partial charge in [-0.2, -0.15) is 0 Å². The van der Waals surface area contributed by atoms with Gasteiger partial charge in [0.2, 0.25) is 0 Å². The number of thiocarbonyl (C=S) groups is 1. The van der Waals surface area contributed by atoms with Crippen LogP contribution in [0.2, 0.25) is 0 Å². The summed E-state index contributed by atoms with van der Waals surface area (Å²) in [4.78, 5) is 11.7. The van der Waals surface area contributed by atoms with Gasteiger partial charge in [-0.1, -0.05) is 18.2 Å². The number of imidazole rings is 1. The summed E-state index contributed by atoms with van der Waals surface area (Å²) in [5.74, 6) is 0. The van der Waals surface area contributed by atoms with Crippen LogP contribution in [-0.4, -0.2) is 74.8 Å². The van der Waals surface area contributed by atoms with E-state index >= 15 is 0 Å². The van der Waals surface area contributed by atoms with E-state index in [-0.39, 0.29) is 11.4 Å². The van der Waals surface area contributed by atoms with E-state index < -0.39 is 10.0 Å². The van der Waals surface area contributed by atoms with E-state index in [1.54, 1.807) is 50.0 Å². The lowest BCUT2D eigenvalue weighted by molar-refractivity contribution is 0.202. The third kappa shape index (κ3) is 6.11. The van der Waals surface area contributed by atoms with E-state index in [9.17, 15) is 8.42 Å². The van der Waals surface area contributed by atoms with E-state index in [1.165, 1.54) is 4.31 Å². The number of sulfonamides is 1. The summed E-state index contributed by atoms with van der Waals surface area (Å²) < 4.78 is 33.4. The highest BCUT2D eigenvalue weighted by Crippen LogP contribution is 2.28. The van der Waals surface area contributed by atoms with Gasteiger partial charge >= 0.3 is 0 Å². The highest BCUT2D eigenvalue weighted by atomic mass is 32.2. The van der Waals surface area contributed by atoms with Gasteiger partial charge in [-0.25, -0.2) is 13.4 Å². The molecule has 2 aromatic carbocycles. The van der Waals surface area contributed by atoms with Crippen molar-refractivity contribution in [3.8, 4) is 0 Å². The van der Waals surface area contributed by atoms with Crippen LogP contribution in [0.3, 0.4) is 0 Å². The summed E-state index contributed by atoms with van der Waals surface area (Å²) in [6.07, 6.45) is 3.18. The van der Waals surface area contributed by atoms with Crippen LogP contribution in [0.1, 0.15) is 5.69 Å². The molecule has 2 heterocycles. The first-order valence-electron chi connectivity index (χ1n) is 11.4. The molecule has 1 aliphatic heterocycles. The first-order valence-corrected chi connectivity index (χ1v) is 13.3. The average molecular weight is 515 g/mol. The summed E-state index contributed by atoms with van der Waals surface area (Å²) in [6, 6.07) is 16.1. The second-order valence-corrected chi connectivity index (χ2v) is 10.4. The molecule has 35 heavy (non-hydrogen) atoms. The van der Waals surface area contributed by atoms with Gasteiger partial charge in [0, 0.05) is 51.7 Å². The van der Waals surface area contributed by atoms with Crippen LogP contribution >= 0.6 is 12.2 Å². The Kier molecular flexibility index (Phi) is 8.21. The second-order valence-electron chi connectivity index (χ2n) is 8.12. The number of aromatic nitrogens is 2. The van der Waals surface area contributed by atoms with Crippen molar-refractivity contribution in [1.29, 1.82) is 0 Å². The standard InChI is InChI=1S/C24H30N6O3S2/c1-33-16-11-26-24(34)29-14-12-28(13-15-29)21-7-9-22(10-8-21)30(18-20-17-25-19-27-20)35(31,32)23-5-3-2-4-6-23/h2-10,17,19H,11-16,18H2,1H3,(H,25,27)(H,26,34). The molecule has 3 aromatic rings. The monoisotopic (exact) mass is 514 g/mol. The summed E-state index contributed by atoms with van der Waals surface area (Å²) >= 11 is 5.48. The zero-order chi connectivity index (χ0) is 24.7. The van der Waals surface area contributed by atoms with Gasteiger partial charge < -0.3 is 24.8 Å². The number of ether oxygens (including phenoxy) is 1. The van der Waals surface area contributed by atoms with Gasteiger partial charge in [0.1, 0.15) is 0 Å². The molecule has 0 spiro atoms. The maximum Gasteiger partial charge on any atom is 0.264 e. The van der Waals surface area contributed by atoms with Gasteiger partial charge in [0.05, 0.1) is 35.8 Å². The minimum atomic E-state index is -3.76. The number of anilines is 2. The smallest absolute Gasteiger partial charge is 0.264 e. The molecule has 1 fully saturated rings. The number of benzene rings is 2. The molecule has 1 aromatic heterocycles. The topological polar surface area (TPSA) is 93.8 Å². The van der Waals surface area contributed by atoms with Crippen LogP contribution in [0.25, 0.3) is 0 Å². The van der Waals surface area contributed by atoms with Crippen LogP contribution in [0, 0.1) is 0 Å². The number of nitrogens with one attached hydrogen (secondary N) is 2. The third-order valence-electron chi connectivity index (χ3n) is 5.85. The largest absolute Gasteiger partial charge is 0.383 e. The van der Waals surface area contributed by atoms with Gasteiger partial charge in [-0.3, -0.25) is 4.31 Å². The molecule has 0 amide bonds. The normalized spacial score (nSPS) is 14.1. The lowest BCUT2D eigenvalue weighted by Crippen LogP contribution is -2.52. The SMILES string of the molecule is COCCNC(=S)N1CCN(c2ccc(N(Cc3cnc[nH]3)S(=O)(=O)c3ccccc3)cc2)CC1. The van der Waals surface area contributed by atoms with Crippen LogP contribution < -0.4 is 14.5 Å². The van der Waals surface area contributed by atoms with E-state index in [1.807, 2.05) is 24.3 Å². The van der Waals surface area contributed by atoms with Crippen molar-refractivity contribution in [2.75, 3.05) is 55.6 Å². The summed E-state index contributed by atoms with van der Waals surface area (Å²) in [5.41, 5.74) is 2.35. The number of nitrogens with zero attached hydrogens (tertiary/aromatic N) is 4. The Morgan fingerprint density at radius 3 is 2.46 bits per heavy atom. The molecule has 11 heteroatoms. The number of hydrogen-bond acceptors (Lipinski definition) is 6. The van der Waals surface area contributed by atoms with Crippen molar-refractivity contribution in [1.82, 2.24) is 20.2 Å². The van der Waals surface area contributed by atoms with E-state index in [0.717, 1.165) is 37.0 Å². The van der Waals surface area contributed by atoms with E-state index in [0.29, 0.717) is 24.5 Å². The van der Waals surface area contributed by atoms with Crippen LogP contribution in [0.15, 0.2) is 72.0 Å². The Morgan fingerprint density at radius 2 is 1.83 bits per heavy atom. The molecule has 9 nitrogen and oxygen atoms in total. The van der Waals surface area contributed by atoms with E-state index in [4.69, 9.17) is 17.0 Å². The molecular weight excluding hydrogens is 484 g/mol. The molecular formula is C24H30N6O3S2. The number of hydrogen-bond donors (Lipinski definition) is 2. The highest BCUT2D eigenvalue weighted by molar-refractivity contribution is 7.92. The third-order valence-corrected chi connectivity index (χ3v) is 8.04. The molecule has 0 bridgehead atoms. The number of piperazine rings is 1. The number of aromatic amines is 1. The molecule has 0 atom stereocenters. The van der Waals surface area contributed by atoms with Crippen molar-refractivity contribution in [2.24, 2.45) is 0 Å². The fourth-order valence-electron chi connectivity index (χ4n) is 3.93. The number of rotatable bonds is 9. The van der Waals surface area contributed by atoms with Crippen LogP contribution in [0.4, 0.5) is 11.4 Å². The molecule has 0 aliphatic carbocycles. The Bertz CT molecular complexity index is 1180. The fraction of sp³-hybridized carbons (Fsp3) is 0.333. The van der Waals surface area contributed by atoms with E-state index in [2.05, 4.69) is 25.1 Å². The Labute approximate surface area is 211 Å². The Morgan fingerprint density at radius 1 is 1.11 bits per heavy atom. The molecule has 1 aliphatic rings. The maximum absolute atomic E-state index is 13.5. The lowest BCUT2D eigenvalue weighted by Gasteiger charge is -2.37. The Hall–Kier alpha value is -3.15. The van der Waals surface area contributed by atoms with Crippen LogP contribution in [-0.2, 0) is 21.3 Å². The molecule has 1 saturated heterocycles. The predicted octanol–water partition coefficient (Wildman–Crippen LogP) is 2.45. The highest BCUT2D eigenvalue weighted by Gasteiger charge is 2.26. The first-order chi connectivity index (χ1) is 17.0. The molecule has 2 N–H and O–H groups in total. The minimum absolute atomic E-state index is 0.156. The maximum atomic E-state index is 13.5. The predicted molar refractivity (Wildman–Crippen MR) is 141 cm³/mol. The average Bonchev–Trinajstić information content (AvgIpc) is 3.41.